The molecule has 2 aromatic rings. The molecule has 2 heterocycles. The first-order valence-corrected chi connectivity index (χ1v) is 7.84. The number of amides is 1. The highest BCUT2D eigenvalue weighted by Gasteiger charge is 2.23. The van der Waals surface area contributed by atoms with Gasteiger partial charge in [0.25, 0.3) is 5.91 Å². The summed E-state index contributed by atoms with van der Waals surface area (Å²) >= 11 is 1.44. The van der Waals surface area contributed by atoms with Crippen LogP contribution >= 0.6 is 11.3 Å². The molecule has 110 valence electrons. The quantitative estimate of drug-likeness (QED) is 0.939. The van der Waals surface area contributed by atoms with Crippen LogP contribution in [0.25, 0.3) is 0 Å². The Hall–Kier alpha value is -1.92. The summed E-state index contributed by atoms with van der Waals surface area (Å²) in [5.41, 5.74) is 3.32. The van der Waals surface area contributed by atoms with Crippen molar-refractivity contribution in [2.24, 2.45) is 0 Å². The number of carbonyl (C=O) groups is 1. The van der Waals surface area contributed by atoms with E-state index in [4.69, 9.17) is 0 Å². The molecule has 1 fully saturated rings. The zero-order chi connectivity index (χ0) is 14.7. The van der Waals surface area contributed by atoms with Gasteiger partial charge in [-0.3, -0.25) is 9.69 Å². The predicted octanol–water partition coefficient (Wildman–Crippen LogP) is 1.81. The molecule has 1 N–H and O–H groups in total. The van der Waals surface area contributed by atoms with Crippen LogP contribution in [-0.2, 0) is 6.54 Å². The van der Waals surface area contributed by atoms with Gasteiger partial charge in [-0.25, -0.2) is 4.98 Å². The largest absolute Gasteiger partial charge is 0.508 e. The van der Waals surface area contributed by atoms with Crippen molar-refractivity contribution in [1.29, 1.82) is 0 Å². The molecule has 0 bridgehead atoms. The van der Waals surface area contributed by atoms with E-state index in [1.807, 2.05) is 17.0 Å². The topological polar surface area (TPSA) is 56.7 Å². The Balaban J connectivity index is 1.54. The fourth-order valence-corrected chi connectivity index (χ4v) is 3.03. The molecule has 0 unspecified atom stereocenters. The van der Waals surface area contributed by atoms with Crippen LogP contribution in [0.1, 0.15) is 16.1 Å². The first-order chi connectivity index (χ1) is 10.2. The second-order valence-electron chi connectivity index (χ2n) is 5.11. The van der Waals surface area contributed by atoms with Gasteiger partial charge in [0.1, 0.15) is 11.4 Å². The number of rotatable bonds is 3. The lowest BCUT2D eigenvalue weighted by molar-refractivity contribution is 0.0623. The van der Waals surface area contributed by atoms with Crippen molar-refractivity contribution >= 4 is 17.2 Å². The Morgan fingerprint density at radius 3 is 2.76 bits per heavy atom. The lowest BCUT2D eigenvalue weighted by atomic mass is 10.2. The van der Waals surface area contributed by atoms with Gasteiger partial charge in [-0.05, 0) is 17.7 Å². The van der Waals surface area contributed by atoms with Crippen molar-refractivity contribution in [2.75, 3.05) is 26.2 Å². The second-order valence-corrected chi connectivity index (χ2v) is 5.83. The third-order valence-corrected chi connectivity index (χ3v) is 4.21. The molecule has 0 radical (unpaired) electrons. The van der Waals surface area contributed by atoms with Crippen molar-refractivity contribution in [3.63, 3.8) is 0 Å². The molecule has 1 aromatic carbocycles. The first kappa shape index (κ1) is 14.0. The van der Waals surface area contributed by atoms with Gasteiger partial charge in [0, 0.05) is 38.1 Å². The number of hydrogen-bond acceptors (Lipinski definition) is 5. The smallest absolute Gasteiger partial charge is 0.273 e. The highest BCUT2D eigenvalue weighted by Crippen LogP contribution is 2.15. The monoisotopic (exact) mass is 303 g/mol. The Morgan fingerprint density at radius 1 is 1.29 bits per heavy atom. The summed E-state index contributed by atoms with van der Waals surface area (Å²) in [6, 6.07) is 7.32. The van der Waals surface area contributed by atoms with Gasteiger partial charge in [0.2, 0.25) is 0 Å². The number of phenolic OH excluding ortho intramolecular Hbond substituents is 1. The molecular weight excluding hydrogens is 286 g/mol. The number of aromatic nitrogens is 1. The van der Waals surface area contributed by atoms with Gasteiger partial charge in [-0.2, -0.15) is 0 Å². The van der Waals surface area contributed by atoms with E-state index in [9.17, 15) is 9.90 Å². The summed E-state index contributed by atoms with van der Waals surface area (Å²) in [5, 5.41) is 11.3. The van der Waals surface area contributed by atoms with Gasteiger partial charge in [0.15, 0.2) is 0 Å². The van der Waals surface area contributed by atoms with Gasteiger partial charge in [-0.1, -0.05) is 12.1 Å². The summed E-state index contributed by atoms with van der Waals surface area (Å²) in [7, 11) is 0. The molecule has 5 nitrogen and oxygen atoms in total. The molecule has 3 rings (SSSR count). The van der Waals surface area contributed by atoms with Gasteiger partial charge in [-0.15, -0.1) is 11.3 Å². The van der Waals surface area contributed by atoms with Gasteiger partial charge < -0.3 is 10.0 Å². The minimum atomic E-state index is 0.0215. The van der Waals surface area contributed by atoms with Crippen LogP contribution in [0.2, 0.25) is 0 Å². The zero-order valence-corrected chi connectivity index (χ0v) is 12.4. The molecule has 1 amide bonds. The van der Waals surface area contributed by atoms with Crippen molar-refractivity contribution < 1.29 is 9.90 Å². The number of aromatic hydroxyl groups is 1. The maximum absolute atomic E-state index is 12.2. The Kier molecular flexibility index (Phi) is 4.17. The molecule has 21 heavy (non-hydrogen) atoms. The van der Waals surface area contributed by atoms with E-state index in [1.54, 1.807) is 23.0 Å². The van der Waals surface area contributed by atoms with E-state index in [-0.39, 0.29) is 5.91 Å². The number of phenols is 1. The molecule has 0 aliphatic carbocycles. The summed E-state index contributed by atoms with van der Waals surface area (Å²) in [4.78, 5) is 20.4. The number of nitrogens with zero attached hydrogens (tertiary/aromatic N) is 3. The SMILES string of the molecule is O=C(c1cscn1)N1CCN(Cc2cccc(O)c2)CC1. The van der Waals surface area contributed by atoms with Crippen LogP contribution in [0.15, 0.2) is 35.2 Å². The van der Waals surface area contributed by atoms with E-state index in [2.05, 4.69) is 9.88 Å². The third kappa shape index (κ3) is 3.40. The molecule has 1 aromatic heterocycles. The number of piperazine rings is 1. The van der Waals surface area contributed by atoms with Gasteiger partial charge in [0.05, 0.1) is 5.51 Å². The first-order valence-electron chi connectivity index (χ1n) is 6.90. The standard InChI is InChI=1S/C15H17N3O2S/c19-13-3-1-2-12(8-13)9-17-4-6-18(7-5-17)15(20)14-10-21-11-16-14/h1-3,8,10-11,19H,4-7,9H2. The maximum atomic E-state index is 12.2. The zero-order valence-electron chi connectivity index (χ0n) is 11.6. The number of hydrogen-bond donors (Lipinski definition) is 1. The van der Waals surface area contributed by atoms with E-state index < -0.39 is 0 Å². The van der Waals surface area contributed by atoms with E-state index in [0.717, 1.165) is 38.3 Å². The fourth-order valence-electron chi connectivity index (χ4n) is 2.50. The van der Waals surface area contributed by atoms with E-state index in [0.29, 0.717) is 11.4 Å². The molecule has 1 aliphatic heterocycles. The average Bonchev–Trinajstić information content (AvgIpc) is 3.01. The number of benzene rings is 1. The van der Waals surface area contributed by atoms with Crippen LogP contribution in [0, 0.1) is 0 Å². The highest BCUT2D eigenvalue weighted by molar-refractivity contribution is 7.07. The Morgan fingerprint density at radius 2 is 2.10 bits per heavy atom. The number of carbonyl (C=O) groups excluding carboxylic acids is 1. The molecule has 6 heteroatoms. The Labute approximate surface area is 127 Å². The number of thiazole rings is 1. The minimum Gasteiger partial charge on any atom is -0.508 e. The Bertz CT molecular complexity index is 607. The average molecular weight is 303 g/mol. The predicted molar refractivity (Wildman–Crippen MR) is 81.4 cm³/mol. The van der Waals surface area contributed by atoms with Crippen molar-refractivity contribution in [3.8, 4) is 5.75 Å². The summed E-state index contributed by atoms with van der Waals surface area (Å²) < 4.78 is 0. The molecule has 1 aliphatic rings. The third-order valence-electron chi connectivity index (χ3n) is 3.63. The van der Waals surface area contributed by atoms with Crippen LogP contribution in [-0.4, -0.2) is 52.0 Å². The van der Waals surface area contributed by atoms with Crippen LogP contribution in [0.5, 0.6) is 5.75 Å². The molecular formula is C15H17N3O2S. The lowest BCUT2D eigenvalue weighted by Gasteiger charge is -2.34. The fraction of sp³-hybridized carbons (Fsp3) is 0.333. The van der Waals surface area contributed by atoms with E-state index >= 15 is 0 Å². The molecule has 0 atom stereocenters. The van der Waals surface area contributed by atoms with Crippen LogP contribution in [0.3, 0.4) is 0 Å². The summed E-state index contributed by atoms with van der Waals surface area (Å²) in [5.74, 6) is 0.318. The minimum absolute atomic E-state index is 0.0215. The van der Waals surface area contributed by atoms with Crippen molar-refractivity contribution in [2.45, 2.75) is 6.54 Å². The summed E-state index contributed by atoms with van der Waals surface area (Å²) in [6.45, 7) is 3.91. The van der Waals surface area contributed by atoms with Crippen molar-refractivity contribution in [3.05, 3.63) is 46.4 Å². The lowest BCUT2D eigenvalue weighted by Crippen LogP contribution is -2.48. The molecule has 0 spiro atoms. The summed E-state index contributed by atoms with van der Waals surface area (Å²) in [6.07, 6.45) is 0. The normalized spacial score (nSPS) is 16.1. The van der Waals surface area contributed by atoms with Crippen LogP contribution in [0.4, 0.5) is 0 Å². The second kappa shape index (κ2) is 6.24. The molecule has 0 saturated carbocycles. The van der Waals surface area contributed by atoms with Gasteiger partial charge >= 0.3 is 0 Å². The van der Waals surface area contributed by atoms with Crippen molar-refractivity contribution in [1.82, 2.24) is 14.8 Å². The molecule has 1 saturated heterocycles. The van der Waals surface area contributed by atoms with Crippen LogP contribution < -0.4 is 0 Å². The maximum Gasteiger partial charge on any atom is 0.273 e. The highest BCUT2D eigenvalue weighted by atomic mass is 32.1. The van der Waals surface area contributed by atoms with E-state index in [1.165, 1.54) is 11.3 Å².